The Hall–Kier alpha value is -1.88. The summed E-state index contributed by atoms with van der Waals surface area (Å²) in [5.74, 6) is 2.45. The van der Waals surface area contributed by atoms with Crippen LogP contribution in [0.5, 0.6) is 5.75 Å². The smallest absolute Gasteiger partial charge is 0.225 e. The molecule has 5 nitrogen and oxygen atoms in total. The molecule has 1 heterocycles. The fourth-order valence-corrected chi connectivity index (χ4v) is 2.20. The number of hydrogen-bond donors (Lipinski definition) is 1. The maximum Gasteiger partial charge on any atom is 0.225 e. The molecule has 0 spiro atoms. The minimum absolute atomic E-state index is 0.115. The van der Waals surface area contributed by atoms with Gasteiger partial charge in [-0.05, 0) is 18.9 Å². The van der Waals surface area contributed by atoms with Crippen LogP contribution in [0.1, 0.15) is 42.0 Å². The topological polar surface area (TPSA) is 74.2 Å². The van der Waals surface area contributed by atoms with E-state index in [1.54, 1.807) is 7.11 Å². The fraction of sp³-hybridized carbons (Fsp3) is 0.429. The normalized spacial score (nSPS) is 16.3. The summed E-state index contributed by atoms with van der Waals surface area (Å²) in [7, 11) is 1.65. The number of benzene rings is 1. The Kier molecular flexibility index (Phi) is 3.21. The van der Waals surface area contributed by atoms with Crippen molar-refractivity contribution in [1.82, 2.24) is 10.2 Å². The average molecular weight is 259 g/mol. The zero-order valence-electron chi connectivity index (χ0n) is 10.9. The molecule has 1 aliphatic rings. The van der Waals surface area contributed by atoms with E-state index in [9.17, 15) is 0 Å². The number of para-hydroxylation sites is 1. The molecule has 0 saturated heterocycles. The first-order valence-electron chi connectivity index (χ1n) is 6.49. The number of nitrogens with zero attached hydrogens (tertiary/aromatic N) is 2. The van der Waals surface area contributed by atoms with Crippen molar-refractivity contribution in [2.45, 2.75) is 24.7 Å². The van der Waals surface area contributed by atoms with Crippen molar-refractivity contribution in [2.75, 3.05) is 13.7 Å². The molecular formula is C14H17N3O2. The summed E-state index contributed by atoms with van der Waals surface area (Å²) >= 11 is 0. The summed E-state index contributed by atoms with van der Waals surface area (Å²) in [6, 6.07) is 7.78. The molecule has 19 heavy (non-hydrogen) atoms. The molecule has 0 amide bonds. The van der Waals surface area contributed by atoms with Crippen LogP contribution in [0.15, 0.2) is 28.7 Å². The average Bonchev–Trinajstić information content (AvgIpc) is 3.20. The Labute approximate surface area is 111 Å². The highest BCUT2D eigenvalue weighted by Crippen LogP contribution is 2.40. The monoisotopic (exact) mass is 259 g/mol. The van der Waals surface area contributed by atoms with Crippen molar-refractivity contribution in [2.24, 2.45) is 5.73 Å². The Balaban J connectivity index is 1.93. The number of ether oxygens (including phenoxy) is 1. The van der Waals surface area contributed by atoms with Gasteiger partial charge in [0.15, 0.2) is 0 Å². The predicted molar refractivity (Wildman–Crippen MR) is 70.2 cm³/mol. The van der Waals surface area contributed by atoms with Gasteiger partial charge in [-0.15, -0.1) is 10.2 Å². The van der Waals surface area contributed by atoms with Crippen molar-refractivity contribution in [3.8, 4) is 5.75 Å². The van der Waals surface area contributed by atoms with Gasteiger partial charge in [0.1, 0.15) is 5.75 Å². The van der Waals surface area contributed by atoms with Gasteiger partial charge >= 0.3 is 0 Å². The van der Waals surface area contributed by atoms with Gasteiger partial charge in [-0.2, -0.15) is 0 Å². The fourth-order valence-electron chi connectivity index (χ4n) is 2.20. The zero-order valence-corrected chi connectivity index (χ0v) is 10.9. The van der Waals surface area contributed by atoms with Gasteiger partial charge in [-0.3, -0.25) is 0 Å². The maximum absolute atomic E-state index is 5.88. The third-order valence-corrected chi connectivity index (χ3v) is 3.43. The van der Waals surface area contributed by atoms with E-state index >= 15 is 0 Å². The number of methoxy groups -OCH3 is 1. The van der Waals surface area contributed by atoms with E-state index in [0.29, 0.717) is 18.4 Å². The summed E-state index contributed by atoms with van der Waals surface area (Å²) in [6.07, 6.45) is 2.28. The molecule has 3 rings (SSSR count). The SMILES string of the molecule is COc1ccccc1C(CN)c1nnc(C2CC2)o1. The van der Waals surface area contributed by atoms with Gasteiger partial charge in [-0.1, -0.05) is 18.2 Å². The second-order valence-electron chi connectivity index (χ2n) is 4.78. The maximum atomic E-state index is 5.88. The first-order valence-corrected chi connectivity index (χ1v) is 6.49. The minimum atomic E-state index is -0.115. The molecule has 1 fully saturated rings. The van der Waals surface area contributed by atoms with Crippen LogP contribution in [0.2, 0.25) is 0 Å². The second kappa shape index (κ2) is 5.01. The van der Waals surface area contributed by atoms with Crippen LogP contribution in [0.4, 0.5) is 0 Å². The second-order valence-corrected chi connectivity index (χ2v) is 4.78. The molecule has 0 radical (unpaired) electrons. The van der Waals surface area contributed by atoms with E-state index in [-0.39, 0.29) is 5.92 Å². The molecule has 1 aliphatic carbocycles. The molecule has 5 heteroatoms. The minimum Gasteiger partial charge on any atom is -0.496 e. The largest absolute Gasteiger partial charge is 0.496 e. The van der Waals surface area contributed by atoms with Crippen molar-refractivity contribution < 1.29 is 9.15 Å². The molecule has 1 saturated carbocycles. The number of nitrogens with two attached hydrogens (primary N) is 1. The van der Waals surface area contributed by atoms with Crippen molar-refractivity contribution in [1.29, 1.82) is 0 Å². The van der Waals surface area contributed by atoms with Crippen molar-refractivity contribution in [3.05, 3.63) is 41.6 Å². The van der Waals surface area contributed by atoms with Crippen LogP contribution in [0.3, 0.4) is 0 Å². The van der Waals surface area contributed by atoms with Gasteiger partial charge in [-0.25, -0.2) is 0 Å². The van der Waals surface area contributed by atoms with E-state index in [1.807, 2.05) is 24.3 Å². The molecule has 1 unspecified atom stereocenters. The van der Waals surface area contributed by atoms with E-state index < -0.39 is 0 Å². The van der Waals surface area contributed by atoms with Gasteiger partial charge in [0, 0.05) is 18.0 Å². The zero-order chi connectivity index (χ0) is 13.2. The summed E-state index contributed by atoms with van der Waals surface area (Å²) < 4.78 is 11.1. The van der Waals surface area contributed by atoms with Gasteiger partial charge in [0.25, 0.3) is 0 Å². The molecule has 0 bridgehead atoms. The summed E-state index contributed by atoms with van der Waals surface area (Å²) in [5.41, 5.74) is 6.86. The number of rotatable bonds is 5. The third kappa shape index (κ3) is 2.33. The summed E-state index contributed by atoms with van der Waals surface area (Å²) in [6.45, 7) is 0.409. The molecule has 100 valence electrons. The van der Waals surface area contributed by atoms with Gasteiger partial charge in [0.2, 0.25) is 11.8 Å². The summed E-state index contributed by atoms with van der Waals surface area (Å²) in [5, 5.41) is 8.26. The molecule has 1 aromatic carbocycles. The Morgan fingerprint density at radius 2 is 2.16 bits per heavy atom. The summed E-state index contributed by atoms with van der Waals surface area (Å²) in [4.78, 5) is 0. The van der Waals surface area contributed by atoms with Crippen LogP contribution in [0, 0.1) is 0 Å². The van der Waals surface area contributed by atoms with Gasteiger partial charge < -0.3 is 14.9 Å². The molecule has 2 N–H and O–H groups in total. The van der Waals surface area contributed by atoms with E-state index in [2.05, 4.69) is 10.2 Å². The van der Waals surface area contributed by atoms with Crippen LogP contribution in [-0.2, 0) is 0 Å². The molecule has 1 aromatic heterocycles. The highest BCUT2D eigenvalue weighted by Gasteiger charge is 2.31. The molecule has 0 aliphatic heterocycles. The number of hydrogen-bond acceptors (Lipinski definition) is 5. The first-order chi connectivity index (χ1) is 9.33. The lowest BCUT2D eigenvalue weighted by molar-refractivity contribution is 0.396. The highest BCUT2D eigenvalue weighted by molar-refractivity contribution is 5.39. The van der Waals surface area contributed by atoms with E-state index in [1.165, 1.54) is 0 Å². The van der Waals surface area contributed by atoms with E-state index in [4.69, 9.17) is 14.9 Å². The number of aromatic nitrogens is 2. The first kappa shape index (κ1) is 12.2. The predicted octanol–water partition coefficient (Wildman–Crippen LogP) is 2.05. The Bertz CT molecular complexity index is 563. The molecule has 1 atom stereocenters. The van der Waals surface area contributed by atoms with E-state index in [0.717, 1.165) is 30.0 Å². The lowest BCUT2D eigenvalue weighted by Gasteiger charge is -2.14. The Morgan fingerprint density at radius 1 is 1.37 bits per heavy atom. The van der Waals surface area contributed by atoms with Crippen LogP contribution in [0.25, 0.3) is 0 Å². The molecular weight excluding hydrogens is 242 g/mol. The van der Waals surface area contributed by atoms with Crippen LogP contribution >= 0.6 is 0 Å². The third-order valence-electron chi connectivity index (χ3n) is 3.43. The standard InChI is InChI=1S/C14H17N3O2/c1-18-12-5-3-2-4-10(12)11(8-15)14-17-16-13(19-14)9-6-7-9/h2-5,9,11H,6-8,15H2,1H3. The Morgan fingerprint density at radius 3 is 2.84 bits per heavy atom. The lowest BCUT2D eigenvalue weighted by atomic mass is 9.98. The van der Waals surface area contributed by atoms with Crippen molar-refractivity contribution in [3.63, 3.8) is 0 Å². The highest BCUT2D eigenvalue weighted by atomic mass is 16.5. The van der Waals surface area contributed by atoms with Gasteiger partial charge in [0.05, 0.1) is 13.0 Å². The quantitative estimate of drug-likeness (QED) is 0.889. The van der Waals surface area contributed by atoms with Crippen molar-refractivity contribution >= 4 is 0 Å². The van der Waals surface area contributed by atoms with Crippen LogP contribution < -0.4 is 10.5 Å². The molecule has 2 aromatic rings. The lowest BCUT2D eigenvalue weighted by Crippen LogP contribution is -2.15. The van der Waals surface area contributed by atoms with Crippen LogP contribution in [-0.4, -0.2) is 23.9 Å².